The molecular formula is C18H26O4. The minimum absolute atomic E-state index is 0.00818. The van der Waals surface area contributed by atoms with Gasteiger partial charge in [0.25, 0.3) is 0 Å². The van der Waals surface area contributed by atoms with Gasteiger partial charge in [0.15, 0.2) is 0 Å². The molecule has 0 amide bonds. The standard InChI is InChI=1S/C18H26O4/c1-3-5-9-14(10-6-4-2)13-22-18(21)16-12-8-7-11-15(16)17(19)20/h7-8,11-12,14H,3-6,9-10,13H2,1-2H3,(H,19,20). The van der Waals surface area contributed by atoms with E-state index in [0.717, 1.165) is 38.5 Å². The molecule has 0 fully saturated rings. The maximum Gasteiger partial charge on any atom is 0.339 e. The second-order valence-electron chi connectivity index (χ2n) is 5.60. The first kappa shape index (κ1) is 18.2. The van der Waals surface area contributed by atoms with Crippen molar-refractivity contribution < 1.29 is 19.4 Å². The van der Waals surface area contributed by atoms with Crippen molar-refractivity contribution in [2.75, 3.05) is 6.61 Å². The van der Waals surface area contributed by atoms with Gasteiger partial charge in [0.1, 0.15) is 0 Å². The molecule has 0 heterocycles. The van der Waals surface area contributed by atoms with Crippen molar-refractivity contribution in [3.8, 4) is 0 Å². The van der Waals surface area contributed by atoms with E-state index in [0.29, 0.717) is 12.5 Å². The number of esters is 1. The quantitative estimate of drug-likeness (QED) is 0.645. The highest BCUT2D eigenvalue weighted by atomic mass is 16.5. The number of carbonyl (C=O) groups is 2. The highest BCUT2D eigenvalue weighted by molar-refractivity contribution is 6.02. The summed E-state index contributed by atoms with van der Waals surface area (Å²) in [5.74, 6) is -1.29. The number of ether oxygens (including phenoxy) is 1. The summed E-state index contributed by atoms with van der Waals surface area (Å²) in [6.45, 7) is 4.66. The van der Waals surface area contributed by atoms with E-state index >= 15 is 0 Å². The van der Waals surface area contributed by atoms with Crippen molar-refractivity contribution in [2.24, 2.45) is 5.92 Å². The minimum Gasteiger partial charge on any atom is -0.478 e. The second kappa shape index (κ2) is 9.98. The Bertz CT molecular complexity index is 474. The molecule has 122 valence electrons. The Morgan fingerprint density at radius 1 is 1.05 bits per heavy atom. The largest absolute Gasteiger partial charge is 0.478 e. The Balaban J connectivity index is 2.64. The number of hydrogen-bond acceptors (Lipinski definition) is 3. The van der Waals surface area contributed by atoms with Gasteiger partial charge in [-0.1, -0.05) is 51.7 Å². The molecule has 0 radical (unpaired) electrons. The Kier molecular flexibility index (Phi) is 8.26. The number of aromatic carboxylic acids is 1. The Hall–Kier alpha value is -1.84. The molecule has 0 spiro atoms. The van der Waals surface area contributed by atoms with Crippen LogP contribution in [0.2, 0.25) is 0 Å². The van der Waals surface area contributed by atoms with Crippen LogP contribution in [0.1, 0.15) is 73.1 Å². The first-order valence-corrected chi connectivity index (χ1v) is 8.09. The third-order valence-electron chi connectivity index (χ3n) is 3.76. The zero-order chi connectivity index (χ0) is 16.4. The van der Waals surface area contributed by atoms with Gasteiger partial charge in [0, 0.05) is 0 Å². The smallest absolute Gasteiger partial charge is 0.339 e. The molecule has 0 saturated heterocycles. The summed E-state index contributed by atoms with van der Waals surface area (Å²) in [7, 11) is 0. The van der Waals surface area contributed by atoms with Crippen molar-refractivity contribution in [3.63, 3.8) is 0 Å². The van der Waals surface area contributed by atoms with Crippen molar-refractivity contribution >= 4 is 11.9 Å². The third kappa shape index (κ3) is 5.88. The van der Waals surface area contributed by atoms with Gasteiger partial charge in [-0.15, -0.1) is 0 Å². The molecule has 0 aliphatic heterocycles. The van der Waals surface area contributed by atoms with Crippen LogP contribution in [0.4, 0.5) is 0 Å². The van der Waals surface area contributed by atoms with Gasteiger partial charge in [-0.3, -0.25) is 0 Å². The summed E-state index contributed by atoms with van der Waals surface area (Å²) < 4.78 is 5.37. The van der Waals surface area contributed by atoms with E-state index in [2.05, 4.69) is 13.8 Å². The minimum atomic E-state index is -1.11. The SMILES string of the molecule is CCCCC(CCCC)COC(=O)c1ccccc1C(=O)O. The molecule has 22 heavy (non-hydrogen) atoms. The normalized spacial score (nSPS) is 10.7. The van der Waals surface area contributed by atoms with Crippen LogP contribution in [0, 0.1) is 5.92 Å². The van der Waals surface area contributed by atoms with Gasteiger partial charge in [-0.25, -0.2) is 9.59 Å². The number of carbonyl (C=O) groups excluding carboxylic acids is 1. The number of rotatable bonds is 10. The maximum absolute atomic E-state index is 12.1. The molecular weight excluding hydrogens is 280 g/mol. The molecule has 1 rings (SSSR count). The number of benzene rings is 1. The molecule has 4 nitrogen and oxygen atoms in total. The average Bonchev–Trinajstić information content (AvgIpc) is 2.53. The van der Waals surface area contributed by atoms with Gasteiger partial charge < -0.3 is 9.84 Å². The molecule has 1 N–H and O–H groups in total. The fraction of sp³-hybridized carbons (Fsp3) is 0.556. The predicted octanol–water partition coefficient (Wildman–Crippen LogP) is 4.54. The first-order chi connectivity index (χ1) is 10.6. The molecule has 0 aliphatic rings. The molecule has 0 aromatic heterocycles. The predicted molar refractivity (Wildman–Crippen MR) is 86.2 cm³/mol. The van der Waals surface area contributed by atoms with E-state index < -0.39 is 11.9 Å². The number of carboxylic acid groups (broad SMARTS) is 1. The van der Waals surface area contributed by atoms with Crippen molar-refractivity contribution in [1.82, 2.24) is 0 Å². The molecule has 0 atom stereocenters. The first-order valence-electron chi connectivity index (χ1n) is 8.09. The van der Waals surface area contributed by atoms with Crippen LogP contribution in [0.3, 0.4) is 0 Å². The average molecular weight is 306 g/mol. The summed E-state index contributed by atoms with van der Waals surface area (Å²) in [6, 6.07) is 6.17. The zero-order valence-electron chi connectivity index (χ0n) is 13.5. The molecule has 4 heteroatoms. The van der Waals surface area contributed by atoms with Crippen LogP contribution in [0.25, 0.3) is 0 Å². The molecule has 1 aromatic carbocycles. The maximum atomic E-state index is 12.1. The zero-order valence-corrected chi connectivity index (χ0v) is 13.5. The van der Waals surface area contributed by atoms with E-state index in [9.17, 15) is 9.59 Å². The van der Waals surface area contributed by atoms with Crippen LogP contribution in [-0.2, 0) is 4.74 Å². The Morgan fingerprint density at radius 2 is 1.59 bits per heavy atom. The molecule has 0 saturated carbocycles. The monoisotopic (exact) mass is 306 g/mol. The van der Waals surface area contributed by atoms with Crippen molar-refractivity contribution in [2.45, 2.75) is 52.4 Å². The van der Waals surface area contributed by atoms with Crippen LogP contribution in [0.15, 0.2) is 24.3 Å². The van der Waals surface area contributed by atoms with Crippen molar-refractivity contribution in [1.29, 1.82) is 0 Å². The second-order valence-corrected chi connectivity index (χ2v) is 5.60. The fourth-order valence-electron chi connectivity index (χ4n) is 2.42. The third-order valence-corrected chi connectivity index (χ3v) is 3.76. The Labute approximate surface area is 132 Å². The topological polar surface area (TPSA) is 63.6 Å². The van der Waals surface area contributed by atoms with Gasteiger partial charge in [0.05, 0.1) is 17.7 Å². The highest BCUT2D eigenvalue weighted by Crippen LogP contribution is 2.18. The van der Waals surface area contributed by atoms with E-state index in [4.69, 9.17) is 9.84 Å². The van der Waals surface area contributed by atoms with Gasteiger partial charge in [-0.05, 0) is 30.9 Å². The van der Waals surface area contributed by atoms with Gasteiger partial charge in [-0.2, -0.15) is 0 Å². The Morgan fingerprint density at radius 3 is 2.09 bits per heavy atom. The van der Waals surface area contributed by atoms with Crippen LogP contribution >= 0.6 is 0 Å². The van der Waals surface area contributed by atoms with Gasteiger partial charge in [0.2, 0.25) is 0 Å². The lowest BCUT2D eigenvalue weighted by atomic mass is 9.97. The van der Waals surface area contributed by atoms with Gasteiger partial charge >= 0.3 is 11.9 Å². The van der Waals surface area contributed by atoms with Crippen LogP contribution in [0.5, 0.6) is 0 Å². The number of carboxylic acids is 1. The molecule has 0 unspecified atom stereocenters. The summed E-state index contributed by atoms with van der Waals surface area (Å²) in [5, 5.41) is 9.12. The van der Waals surface area contributed by atoms with E-state index in [1.54, 1.807) is 12.1 Å². The fourth-order valence-corrected chi connectivity index (χ4v) is 2.42. The van der Waals surface area contributed by atoms with Crippen LogP contribution < -0.4 is 0 Å². The van der Waals surface area contributed by atoms with E-state index in [1.165, 1.54) is 12.1 Å². The highest BCUT2D eigenvalue weighted by Gasteiger charge is 2.18. The lowest BCUT2D eigenvalue weighted by molar-refractivity contribution is 0.0415. The summed E-state index contributed by atoms with van der Waals surface area (Å²) in [5.41, 5.74) is 0.117. The number of hydrogen-bond donors (Lipinski definition) is 1. The summed E-state index contributed by atoms with van der Waals surface area (Å²) in [6.07, 6.45) is 6.58. The van der Waals surface area contributed by atoms with Crippen LogP contribution in [-0.4, -0.2) is 23.7 Å². The lowest BCUT2D eigenvalue weighted by Crippen LogP contribution is -2.17. The molecule has 1 aromatic rings. The molecule has 0 aliphatic carbocycles. The van der Waals surface area contributed by atoms with E-state index in [-0.39, 0.29) is 11.1 Å². The number of unbranched alkanes of at least 4 members (excludes halogenated alkanes) is 2. The molecule has 0 bridgehead atoms. The summed E-state index contributed by atoms with van der Waals surface area (Å²) >= 11 is 0. The van der Waals surface area contributed by atoms with E-state index in [1.807, 2.05) is 0 Å². The lowest BCUT2D eigenvalue weighted by Gasteiger charge is -2.16. The summed E-state index contributed by atoms with van der Waals surface area (Å²) in [4.78, 5) is 23.3. The van der Waals surface area contributed by atoms with Crippen molar-refractivity contribution in [3.05, 3.63) is 35.4 Å².